The van der Waals surface area contributed by atoms with Crippen LogP contribution in [-0.4, -0.2) is 22.9 Å². The zero-order chi connectivity index (χ0) is 11.7. The van der Waals surface area contributed by atoms with Crippen LogP contribution in [0.5, 0.6) is 0 Å². The van der Waals surface area contributed by atoms with Gasteiger partial charge >= 0.3 is 0 Å². The quantitative estimate of drug-likeness (QED) is 0.851. The van der Waals surface area contributed by atoms with Crippen molar-refractivity contribution in [1.29, 1.82) is 0 Å². The van der Waals surface area contributed by atoms with E-state index in [0.29, 0.717) is 0 Å². The van der Waals surface area contributed by atoms with Crippen LogP contribution in [0.2, 0.25) is 0 Å². The van der Waals surface area contributed by atoms with Crippen molar-refractivity contribution in [2.24, 2.45) is 7.05 Å². The lowest BCUT2D eigenvalue weighted by atomic mass is 10.2. The van der Waals surface area contributed by atoms with Crippen molar-refractivity contribution in [3.63, 3.8) is 0 Å². The van der Waals surface area contributed by atoms with E-state index in [9.17, 15) is 0 Å². The number of anilines is 2. The molecule has 0 radical (unpaired) electrons. The van der Waals surface area contributed by atoms with Gasteiger partial charge in [-0.2, -0.15) is 5.10 Å². The van der Waals surface area contributed by atoms with Gasteiger partial charge < -0.3 is 10.2 Å². The van der Waals surface area contributed by atoms with Crippen molar-refractivity contribution >= 4 is 11.4 Å². The van der Waals surface area contributed by atoms with Crippen LogP contribution in [0.1, 0.15) is 5.56 Å². The summed E-state index contributed by atoms with van der Waals surface area (Å²) < 4.78 is 1.85. The van der Waals surface area contributed by atoms with Gasteiger partial charge in [0.2, 0.25) is 0 Å². The standard InChI is InChI=1S/C13H16N4/c1-16-9-11(8-15-16)10-17-7-6-14-12-4-2-3-5-13(12)17/h2-5,8-9,14H,6-7,10H2,1H3. The van der Waals surface area contributed by atoms with Gasteiger partial charge in [-0.1, -0.05) is 12.1 Å². The number of fused-ring (bicyclic) bond motifs is 1. The second-order valence-electron chi connectivity index (χ2n) is 4.39. The number of nitrogens with one attached hydrogen (secondary N) is 1. The van der Waals surface area contributed by atoms with Crippen molar-refractivity contribution in [2.75, 3.05) is 23.3 Å². The highest BCUT2D eigenvalue weighted by molar-refractivity contribution is 5.71. The maximum Gasteiger partial charge on any atom is 0.0605 e. The number of rotatable bonds is 2. The van der Waals surface area contributed by atoms with Crippen LogP contribution < -0.4 is 10.2 Å². The Morgan fingerprint density at radius 1 is 1.35 bits per heavy atom. The normalized spacial score (nSPS) is 14.3. The summed E-state index contributed by atoms with van der Waals surface area (Å²) in [5.74, 6) is 0. The molecule has 0 atom stereocenters. The van der Waals surface area contributed by atoms with E-state index in [1.54, 1.807) is 0 Å². The summed E-state index contributed by atoms with van der Waals surface area (Å²) >= 11 is 0. The fourth-order valence-electron chi connectivity index (χ4n) is 2.28. The van der Waals surface area contributed by atoms with Crippen LogP contribution in [0.3, 0.4) is 0 Å². The third-order valence-corrected chi connectivity index (χ3v) is 3.07. The first-order chi connectivity index (χ1) is 8.33. The van der Waals surface area contributed by atoms with Gasteiger partial charge in [0.15, 0.2) is 0 Å². The molecule has 3 rings (SSSR count). The van der Waals surface area contributed by atoms with Crippen LogP contribution >= 0.6 is 0 Å². The summed E-state index contributed by atoms with van der Waals surface area (Å²) in [7, 11) is 1.95. The molecule has 88 valence electrons. The Morgan fingerprint density at radius 3 is 3.06 bits per heavy atom. The van der Waals surface area contributed by atoms with Crippen molar-refractivity contribution in [1.82, 2.24) is 9.78 Å². The molecule has 17 heavy (non-hydrogen) atoms. The number of aryl methyl sites for hydroxylation is 1. The van der Waals surface area contributed by atoms with Gasteiger partial charge in [-0.3, -0.25) is 4.68 Å². The summed E-state index contributed by atoms with van der Waals surface area (Å²) in [6.45, 7) is 2.95. The Hall–Kier alpha value is -1.97. The molecule has 1 aliphatic rings. The topological polar surface area (TPSA) is 33.1 Å². The summed E-state index contributed by atoms with van der Waals surface area (Å²) in [5.41, 5.74) is 3.76. The molecule has 1 aromatic carbocycles. The predicted octanol–water partition coefficient (Wildman–Crippen LogP) is 1.85. The smallest absolute Gasteiger partial charge is 0.0605 e. The molecule has 2 heterocycles. The molecule has 2 aromatic rings. The molecule has 0 saturated carbocycles. The summed E-state index contributed by atoms with van der Waals surface area (Å²) in [4.78, 5) is 2.39. The average Bonchev–Trinajstić information content (AvgIpc) is 2.75. The molecule has 4 nitrogen and oxygen atoms in total. The molecule has 0 bridgehead atoms. The predicted molar refractivity (Wildman–Crippen MR) is 69.2 cm³/mol. The fraction of sp³-hybridized carbons (Fsp3) is 0.308. The third-order valence-electron chi connectivity index (χ3n) is 3.07. The van der Waals surface area contributed by atoms with E-state index in [0.717, 1.165) is 19.6 Å². The number of hydrogen-bond donors (Lipinski definition) is 1. The summed E-state index contributed by atoms with van der Waals surface area (Å²) in [6, 6.07) is 8.45. The van der Waals surface area contributed by atoms with Crippen LogP contribution in [0, 0.1) is 0 Å². The number of benzene rings is 1. The molecule has 0 saturated heterocycles. The first kappa shape index (κ1) is 10.2. The van der Waals surface area contributed by atoms with Gasteiger partial charge in [0.1, 0.15) is 0 Å². The lowest BCUT2D eigenvalue weighted by Gasteiger charge is -2.31. The first-order valence-corrected chi connectivity index (χ1v) is 5.88. The van der Waals surface area contributed by atoms with Crippen molar-refractivity contribution in [2.45, 2.75) is 6.54 Å². The lowest BCUT2D eigenvalue weighted by Crippen LogP contribution is -2.33. The van der Waals surface area contributed by atoms with Crippen LogP contribution in [-0.2, 0) is 13.6 Å². The van der Waals surface area contributed by atoms with Gasteiger partial charge in [-0.25, -0.2) is 0 Å². The maximum absolute atomic E-state index is 4.21. The third kappa shape index (κ3) is 1.98. The van der Waals surface area contributed by atoms with E-state index in [4.69, 9.17) is 0 Å². The molecular weight excluding hydrogens is 212 g/mol. The van der Waals surface area contributed by atoms with Crippen LogP contribution in [0.25, 0.3) is 0 Å². The van der Waals surface area contributed by atoms with Crippen molar-refractivity contribution in [3.8, 4) is 0 Å². The molecule has 0 fully saturated rings. The molecular formula is C13H16N4. The summed E-state index contributed by atoms with van der Waals surface area (Å²) in [5, 5.41) is 7.63. The number of aromatic nitrogens is 2. The summed E-state index contributed by atoms with van der Waals surface area (Å²) in [6.07, 6.45) is 4.01. The molecule has 0 spiro atoms. The molecule has 4 heteroatoms. The minimum Gasteiger partial charge on any atom is -0.382 e. The minimum atomic E-state index is 0.923. The van der Waals surface area contributed by atoms with Crippen molar-refractivity contribution in [3.05, 3.63) is 42.2 Å². The first-order valence-electron chi connectivity index (χ1n) is 5.88. The molecule has 0 amide bonds. The Balaban J connectivity index is 1.85. The fourth-order valence-corrected chi connectivity index (χ4v) is 2.28. The maximum atomic E-state index is 4.21. The highest BCUT2D eigenvalue weighted by Gasteiger charge is 2.16. The van der Waals surface area contributed by atoms with E-state index in [2.05, 4.69) is 45.8 Å². The van der Waals surface area contributed by atoms with E-state index >= 15 is 0 Å². The van der Waals surface area contributed by atoms with Gasteiger partial charge in [-0.05, 0) is 12.1 Å². The monoisotopic (exact) mass is 228 g/mol. The van der Waals surface area contributed by atoms with Gasteiger partial charge in [0.05, 0.1) is 17.6 Å². The Bertz CT molecular complexity index is 518. The number of nitrogens with zero attached hydrogens (tertiary/aromatic N) is 3. The Morgan fingerprint density at radius 2 is 2.24 bits per heavy atom. The van der Waals surface area contributed by atoms with Gasteiger partial charge in [0, 0.05) is 38.4 Å². The van der Waals surface area contributed by atoms with E-state index in [1.807, 2.05) is 17.9 Å². The Kier molecular flexibility index (Phi) is 2.48. The Labute approximate surface area is 101 Å². The van der Waals surface area contributed by atoms with E-state index in [1.165, 1.54) is 16.9 Å². The molecule has 0 aliphatic carbocycles. The number of para-hydroxylation sites is 2. The van der Waals surface area contributed by atoms with Gasteiger partial charge in [-0.15, -0.1) is 0 Å². The van der Waals surface area contributed by atoms with Crippen LogP contribution in [0.4, 0.5) is 11.4 Å². The largest absolute Gasteiger partial charge is 0.382 e. The highest BCUT2D eigenvalue weighted by Crippen LogP contribution is 2.29. The van der Waals surface area contributed by atoms with E-state index in [-0.39, 0.29) is 0 Å². The second kappa shape index (κ2) is 4.13. The SMILES string of the molecule is Cn1cc(CN2CCNc3ccccc32)cn1. The molecule has 1 N–H and O–H groups in total. The second-order valence-corrected chi connectivity index (χ2v) is 4.39. The highest BCUT2D eigenvalue weighted by atomic mass is 15.2. The lowest BCUT2D eigenvalue weighted by molar-refractivity contribution is 0.762. The molecule has 0 unspecified atom stereocenters. The number of hydrogen-bond acceptors (Lipinski definition) is 3. The van der Waals surface area contributed by atoms with Gasteiger partial charge in [0.25, 0.3) is 0 Å². The zero-order valence-electron chi connectivity index (χ0n) is 9.93. The minimum absolute atomic E-state index is 0.923. The van der Waals surface area contributed by atoms with Crippen molar-refractivity contribution < 1.29 is 0 Å². The van der Waals surface area contributed by atoms with Crippen LogP contribution in [0.15, 0.2) is 36.7 Å². The molecule has 1 aromatic heterocycles. The zero-order valence-corrected chi connectivity index (χ0v) is 9.93. The van der Waals surface area contributed by atoms with E-state index < -0.39 is 0 Å². The average molecular weight is 228 g/mol. The molecule has 1 aliphatic heterocycles.